The molecule has 3 heterocycles. The quantitative estimate of drug-likeness (QED) is 0.889. The van der Waals surface area contributed by atoms with Crippen molar-refractivity contribution in [3.63, 3.8) is 0 Å². The molecule has 1 atom stereocenters. The highest BCUT2D eigenvalue weighted by molar-refractivity contribution is 7.09. The average Bonchev–Trinajstić information content (AvgIpc) is 3.13. The molecule has 1 amide bonds. The van der Waals surface area contributed by atoms with Crippen LogP contribution in [0.15, 0.2) is 29.9 Å². The number of amides is 1. The first-order chi connectivity index (χ1) is 12.0. The van der Waals surface area contributed by atoms with E-state index in [1.54, 1.807) is 17.7 Å². The average molecular weight is 359 g/mol. The lowest BCUT2D eigenvalue weighted by Crippen LogP contribution is -2.50. The molecular weight excluding hydrogens is 334 g/mol. The van der Waals surface area contributed by atoms with E-state index in [9.17, 15) is 4.79 Å². The molecule has 1 saturated heterocycles. The van der Waals surface area contributed by atoms with Gasteiger partial charge in [0.25, 0.3) is 0 Å². The molecule has 6 nitrogen and oxygen atoms in total. The van der Waals surface area contributed by atoms with E-state index >= 15 is 0 Å². The molecule has 0 bridgehead atoms. The second-order valence-electron chi connectivity index (χ2n) is 6.98. The minimum absolute atomic E-state index is 0.118. The van der Waals surface area contributed by atoms with Gasteiger partial charge in [0, 0.05) is 38.1 Å². The highest BCUT2D eigenvalue weighted by Crippen LogP contribution is 2.32. The Morgan fingerprint density at radius 2 is 2.28 bits per heavy atom. The van der Waals surface area contributed by atoms with Crippen LogP contribution in [0.2, 0.25) is 0 Å². The predicted molar refractivity (Wildman–Crippen MR) is 102 cm³/mol. The summed E-state index contributed by atoms with van der Waals surface area (Å²) in [4.78, 5) is 26.8. The van der Waals surface area contributed by atoms with Crippen LogP contribution >= 0.6 is 11.3 Å². The summed E-state index contributed by atoms with van der Waals surface area (Å²) in [5.41, 5.74) is -0.404. The maximum Gasteiger partial charge on any atom is 0.228 e. The second-order valence-corrected chi connectivity index (χ2v) is 8.01. The Bertz CT molecular complexity index is 718. The Morgan fingerprint density at radius 1 is 1.44 bits per heavy atom. The van der Waals surface area contributed by atoms with Gasteiger partial charge in [-0.1, -0.05) is 6.07 Å². The molecule has 3 rings (SSSR count). The molecule has 25 heavy (non-hydrogen) atoms. The Balaban J connectivity index is 1.68. The first-order valence-electron chi connectivity index (χ1n) is 8.53. The molecule has 1 unspecified atom stereocenters. The van der Waals surface area contributed by atoms with E-state index in [0.29, 0.717) is 13.1 Å². The number of piperidine rings is 1. The molecular formula is C18H25N5OS. The smallest absolute Gasteiger partial charge is 0.228 e. The van der Waals surface area contributed by atoms with Gasteiger partial charge in [-0.3, -0.25) is 4.79 Å². The van der Waals surface area contributed by atoms with Gasteiger partial charge in [-0.15, -0.1) is 11.3 Å². The standard InChI is InChI=1S/C18H25N5OS/c1-18(17(24)19-11-14-6-4-9-25-14)7-5-8-23(12-18)16-10-15(22(2)3)20-13-21-16/h4,6,9-10,13H,5,7-8,11-12H2,1-3H3,(H,19,24). The summed E-state index contributed by atoms with van der Waals surface area (Å²) in [6.07, 6.45) is 3.46. The van der Waals surface area contributed by atoms with Crippen LogP contribution in [-0.2, 0) is 11.3 Å². The second kappa shape index (κ2) is 7.39. The summed E-state index contributed by atoms with van der Waals surface area (Å²) < 4.78 is 0. The summed E-state index contributed by atoms with van der Waals surface area (Å²) in [5, 5.41) is 5.13. The fourth-order valence-corrected chi connectivity index (χ4v) is 3.81. The Morgan fingerprint density at radius 3 is 3.00 bits per heavy atom. The van der Waals surface area contributed by atoms with E-state index in [2.05, 4.69) is 27.1 Å². The number of nitrogens with zero attached hydrogens (tertiary/aromatic N) is 4. The van der Waals surface area contributed by atoms with E-state index in [1.165, 1.54) is 4.88 Å². The Hall–Kier alpha value is -2.15. The van der Waals surface area contributed by atoms with E-state index in [1.807, 2.05) is 42.6 Å². The normalized spacial score (nSPS) is 20.4. The number of anilines is 2. The number of hydrogen-bond acceptors (Lipinski definition) is 6. The van der Waals surface area contributed by atoms with Crippen LogP contribution in [0, 0.1) is 5.41 Å². The van der Waals surface area contributed by atoms with Gasteiger partial charge >= 0.3 is 0 Å². The molecule has 134 valence electrons. The zero-order valence-corrected chi connectivity index (χ0v) is 15.8. The van der Waals surface area contributed by atoms with E-state index < -0.39 is 5.41 Å². The van der Waals surface area contributed by atoms with Crippen LogP contribution in [0.5, 0.6) is 0 Å². The molecule has 0 aromatic carbocycles. The van der Waals surface area contributed by atoms with Crippen LogP contribution in [0.25, 0.3) is 0 Å². The molecule has 1 aliphatic heterocycles. The third-order valence-corrected chi connectivity index (χ3v) is 5.54. The van der Waals surface area contributed by atoms with E-state index in [0.717, 1.165) is 31.0 Å². The van der Waals surface area contributed by atoms with Crippen molar-refractivity contribution in [3.8, 4) is 0 Å². The highest BCUT2D eigenvalue weighted by atomic mass is 32.1. The lowest BCUT2D eigenvalue weighted by atomic mass is 9.81. The van der Waals surface area contributed by atoms with Gasteiger partial charge < -0.3 is 15.1 Å². The number of carbonyl (C=O) groups excluding carboxylic acids is 1. The third-order valence-electron chi connectivity index (χ3n) is 4.67. The lowest BCUT2D eigenvalue weighted by Gasteiger charge is -2.40. The van der Waals surface area contributed by atoms with Gasteiger partial charge in [-0.25, -0.2) is 9.97 Å². The summed E-state index contributed by atoms with van der Waals surface area (Å²) in [7, 11) is 3.93. The summed E-state index contributed by atoms with van der Waals surface area (Å²) in [6.45, 7) is 4.24. The van der Waals surface area contributed by atoms with Crippen LogP contribution in [0.1, 0.15) is 24.6 Å². The maximum absolute atomic E-state index is 12.8. The van der Waals surface area contributed by atoms with Gasteiger partial charge in [0.15, 0.2) is 0 Å². The van der Waals surface area contributed by atoms with Crippen molar-refractivity contribution < 1.29 is 4.79 Å². The summed E-state index contributed by atoms with van der Waals surface area (Å²) in [6, 6.07) is 6.03. The summed E-state index contributed by atoms with van der Waals surface area (Å²) >= 11 is 1.67. The first kappa shape index (κ1) is 17.7. The van der Waals surface area contributed by atoms with E-state index in [-0.39, 0.29) is 5.91 Å². The monoisotopic (exact) mass is 359 g/mol. The van der Waals surface area contributed by atoms with Crippen LogP contribution in [0.3, 0.4) is 0 Å². The number of nitrogens with one attached hydrogen (secondary N) is 1. The summed E-state index contributed by atoms with van der Waals surface area (Å²) in [5.74, 6) is 1.88. The van der Waals surface area contributed by atoms with Gasteiger partial charge in [-0.05, 0) is 31.2 Å². The number of rotatable bonds is 5. The van der Waals surface area contributed by atoms with Gasteiger partial charge in [0.2, 0.25) is 5.91 Å². The highest BCUT2D eigenvalue weighted by Gasteiger charge is 2.38. The number of carbonyl (C=O) groups is 1. The molecule has 0 radical (unpaired) electrons. The van der Waals surface area contributed by atoms with Crippen LogP contribution in [0.4, 0.5) is 11.6 Å². The molecule has 1 N–H and O–H groups in total. The molecule has 1 aliphatic rings. The molecule has 0 saturated carbocycles. The minimum Gasteiger partial charge on any atom is -0.363 e. The molecule has 0 spiro atoms. The van der Waals surface area contributed by atoms with Gasteiger partial charge in [0.1, 0.15) is 18.0 Å². The molecule has 7 heteroatoms. The maximum atomic E-state index is 12.8. The van der Waals surface area contributed by atoms with Crippen molar-refractivity contribution in [2.75, 3.05) is 37.0 Å². The Labute approximate surface area is 152 Å². The molecule has 2 aromatic rings. The molecule has 0 aliphatic carbocycles. The van der Waals surface area contributed by atoms with Crippen LogP contribution in [-0.4, -0.2) is 43.1 Å². The first-order valence-corrected chi connectivity index (χ1v) is 9.41. The van der Waals surface area contributed by atoms with Crippen molar-refractivity contribution in [3.05, 3.63) is 34.8 Å². The van der Waals surface area contributed by atoms with Crippen molar-refractivity contribution in [2.45, 2.75) is 26.3 Å². The number of hydrogen-bond donors (Lipinski definition) is 1. The van der Waals surface area contributed by atoms with Crippen molar-refractivity contribution in [2.24, 2.45) is 5.41 Å². The zero-order chi connectivity index (χ0) is 17.9. The predicted octanol–water partition coefficient (Wildman–Crippen LogP) is 2.53. The van der Waals surface area contributed by atoms with E-state index in [4.69, 9.17) is 0 Å². The van der Waals surface area contributed by atoms with Crippen molar-refractivity contribution in [1.82, 2.24) is 15.3 Å². The third kappa shape index (κ3) is 4.10. The van der Waals surface area contributed by atoms with Crippen molar-refractivity contribution >= 4 is 28.9 Å². The Kier molecular flexibility index (Phi) is 5.22. The van der Waals surface area contributed by atoms with Crippen molar-refractivity contribution in [1.29, 1.82) is 0 Å². The molecule has 2 aromatic heterocycles. The fraction of sp³-hybridized carbons (Fsp3) is 0.500. The molecule has 1 fully saturated rings. The zero-order valence-electron chi connectivity index (χ0n) is 15.0. The minimum atomic E-state index is -0.404. The topological polar surface area (TPSA) is 61.4 Å². The lowest BCUT2D eigenvalue weighted by molar-refractivity contribution is -0.130. The number of aromatic nitrogens is 2. The van der Waals surface area contributed by atoms with Gasteiger partial charge in [0.05, 0.1) is 12.0 Å². The SMILES string of the molecule is CN(C)c1cc(N2CCCC(C)(C(=O)NCc3cccs3)C2)ncn1. The fourth-order valence-electron chi connectivity index (χ4n) is 3.17. The van der Waals surface area contributed by atoms with Crippen LogP contribution < -0.4 is 15.1 Å². The largest absolute Gasteiger partial charge is 0.363 e. The number of thiophene rings is 1. The van der Waals surface area contributed by atoms with Gasteiger partial charge in [-0.2, -0.15) is 0 Å².